The van der Waals surface area contributed by atoms with Gasteiger partial charge in [-0.05, 0) is 35.9 Å². The molecule has 4 aromatic rings. The summed E-state index contributed by atoms with van der Waals surface area (Å²) in [6.45, 7) is 0. The number of rotatable bonds is 14. The third kappa shape index (κ3) is 9.19. The Balaban J connectivity index is 1.34. The molecule has 23 nitrogen and oxygen atoms in total. The summed E-state index contributed by atoms with van der Waals surface area (Å²) < 4.78 is 54.3. The topological polar surface area (TPSA) is 347 Å². The summed E-state index contributed by atoms with van der Waals surface area (Å²) in [6.07, 6.45) is -20.2. The smallest absolute Gasteiger partial charge is 0.335 e. The van der Waals surface area contributed by atoms with Crippen molar-refractivity contribution >= 4 is 35.0 Å². The Labute approximate surface area is 353 Å². The molecular formula is C40H40O23. The largest absolute Gasteiger partial charge is 0.507 e. The lowest BCUT2D eigenvalue weighted by atomic mass is 9.96. The van der Waals surface area contributed by atoms with Gasteiger partial charge in [0.05, 0.1) is 28.4 Å². The first-order chi connectivity index (χ1) is 29.9. The molecule has 0 saturated carbocycles. The van der Waals surface area contributed by atoms with E-state index in [1.807, 2.05) is 0 Å². The van der Waals surface area contributed by atoms with E-state index < -0.39 is 96.2 Å². The average Bonchev–Trinajstić information content (AvgIpc) is 3.24. The van der Waals surface area contributed by atoms with Crippen molar-refractivity contribution in [2.75, 3.05) is 28.4 Å². The van der Waals surface area contributed by atoms with Gasteiger partial charge >= 0.3 is 17.9 Å². The maximum absolute atomic E-state index is 13.3. The van der Waals surface area contributed by atoms with Crippen molar-refractivity contribution in [3.8, 4) is 57.3 Å². The maximum Gasteiger partial charge on any atom is 0.335 e. The number of ether oxygens (including phenoxy) is 9. The molecule has 3 heterocycles. The number of esters is 1. The van der Waals surface area contributed by atoms with Crippen LogP contribution in [0.1, 0.15) is 5.56 Å². The molecule has 6 rings (SSSR count). The van der Waals surface area contributed by atoms with Crippen molar-refractivity contribution in [1.82, 2.24) is 0 Å². The summed E-state index contributed by atoms with van der Waals surface area (Å²) in [5.41, 5.74) is -0.689. The molecule has 0 radical (unpaired) electrons. The van der Waals surface area contributed by atoms with E-state index in [1.165, 1.54) is 58.8 Å². The molecule has 63 heavy (non-hydrogen) atoms. The number of carbonyl (C=O) groups is 3. The highest BCUT2D eigenvalue weighted by Crippen LogP contribution is 2.42. The SMILES string of the molecule is COc1cc(/C=C/C(=O)OC2C(OC3C(Oc4cc(O)c5c(=O)cc(-c6cc(OC)c(O)c(OC)c6)oc5c4)OC(C(=O)O)C(O)C3O)OC(C(=O)O)C(O)C2O)cc(OC)c1O. The minimum atomic E-state index is -2.30. The summed E-state index contributed by atoms with van der Waals surface area (Å²) in [5.74, 6) is -7.03. The zero-order chi connectivity index (χ0) is 46.0. The predicted octanol–water partition coefficient (Wildman–Crippen LogP) is 0.0630. The van der Waals surface area contributed by atoms with E-state index >= 15 is 0 Å². The second kappa shape index (κ2) is 18.6. The molecule has 0 spiro atoms. The molecule has 9 N–H and O–H groups in total. The summed E-state index contributed by atoms with van der Waals surface area (Å²) >= 11 is 0. The normalized spacial score (nSPS) is 25.9. The van der Waals surface area contributed by atoms with Gasteiger partial charge in [0.1, 0.15) is 52.6 Å². The quantitative estimate of drug-likeness (QED) is 0.0597. The first kappa shape index (κ1) is 45.7. The maximum atomic E-state index is 13.3. The number of hydrogen-bond donors (Lipinski definition) is 9. The second-order valence-corrected chi connectivity index (χ2v) is 13.7. The predicted molar refractivity (Wildman–Crippen MR) is 207 cm³/mol. The Morgan fingerprint density at radius 2 is 1.16 bits per heavy atom. The standard InChI is InChI=1S/C40H40O23/c1-54-21-7-14(8-22(55-2)27(21)44)5-6-25(43)60-35-31(48)29(46)34(38(52)53)62-40(35)63-36-32(49)30(47)33(37(50)51)61-39(36)58-16-11-17(41)26-18(42)13-19(59-20(26)12-16)15-9-23(56-3)28(45)24(10-15)57-4/h5-13,29-36,39-41,44-49H,1-4H3,(H,50,51)(H,52,53)/b6-5+. The monoisotopic (exact) mass is 888 g/mol. The minimum Gasteiger partial charge on any atom is -0.507 e. The first-order valence-corrected chi connectivity index (χ1v) is 18.3. The summed E-state index contributed by atoms with van der Waals surface area (Å²) in [5, 5.41) is 94.5. The van der Waals surface area contributed by atoms with Crippen LogP contribution in [0.25, 0.3) is 28.4 Å². The number of carboxylic acids is 2. The Morgan fingerprint density at radius 3 is 1.68 bits per heavy atom. The van der Waals surface area contributed by atoms with E-state index in [-0.39, 0.29) is 62.4 Å². The zero-order valence-electron chi connectivity index (χ0n) is 33.2. The number of carboxylic acid groups (broad SMARTS) is 2. The molecule has 10 atom stereocenters. The molecule has 338 valence electrons. The van der Waals surface area contributed by atoms with Crippen molar-refractivity contribution in [3.05, 3.63) is 64.3 Å². The van der Waals surface area contributed by atoms with Crippen LogP contribution >= 0.6 is 0 Å². The molecule has 0 bridgehead atoms. The molecule has 2 fully saturated rings. The molecule has 0 aliphatic carbocycles. The van der Waals surface area contributed by atoms with Gasteiger partial charge in [0.25, 0.3) is 0 Å². The molecule has 3 aromatic carbocycles. The molecule has 0 amide bonds. The van der Waals surface area contributed by atoms with Gasteiger partial charge < -0.3 is 93.0 Å². The van der Waals surface area contributed by atoms with Gasteiger partial charge in [0.15, 0.2) is 59.1 Å². The van der Waals surface area contributed by atoms with E-state index in [1.54, 1.807) is 0 Å². The second-order valence-electron chi connectivity index (χ2n) is 13.7. The van der Waals surface area contributed by atoms with Gasteiger partial charge in [0, 0.05) is 29.8 Å². The van der Waals surface area contributed by atoms with Crippen molar-refractivity contribution in [1.29, 1.82) is 0 Å². The highest BCUT2D eigenvalue weighted by Gasteiger charge is 2.55. The van der Waals surface area contributed by atoms with Crippen LogP contribution in [0.2, 0.25) is 0 Å². The van der Waals surface area contributed by atoms with Crippen molar-refractivity contribution < 1.29 is 107 Å². The lowest BCUT2D eigenvalue weighted by Gasteiger charge is -2.45. The molecule has 2 aliphatic heterocycles. The number of phenolic OH excluding ortho intramolecular Hbond substituents is 3. The highest BCUT2D eigenvalue weighted by atomic mass is 16.8. The molecular weight excluding hydrogens is 848 g/mol. The van der Waals surface area contributed by atoms with Gasteiger partial charge in [-0.25, -0.2) is 14.4 Å². The van der Waals surface area contributed by atoms with E-state index in [0.29, 0.717) is 0 Å². The number of aliphatic hydroxyl groups is 4. The molecule has 2 saturated heterocycles. The van der Waals surface area contributed by atoms with Gasteiger partial charge in [-0.2, -0.15) is 0 Å². The summed E-state index contributed by atoms with van der Waals surface area (Å²) in [4.78, 5) is 50.6. The van der Waals surface area contributed by atoms with Crippen LogP contribution < -0.4 is 29.1 Å². The molecule has 10 unspecified atom stereocenters. The highest BCUT2D eigenvalue weighted by molar-refractivity contribution is 5.88. The summed E-state index contributed by atoms with van der Waals surface area (Å²) in [7, 11) is 5.06. The number of benzene rings is 3. The third-order valence-corrected chi connectivity index (χ3v) is 9.84. The first-order valence-electron chi connectivity index (χ1n) is 18.3. The van der Waals surface area contributed by atoms with Crippen molar-refractivity contribution in [3.63, 3.8) is 0 Å². The third-order valence-electron chi connectivity index (χ3n) is 9.84. The number of methoxy groups -OCH3 is 4. The minimum absolute atomic E-state index is 0.0310. The Bertz CT molecular complexity index is 2410. The van der Waals surface area contributed by atoms with E-state index in [2.05, 4.69) is 0 Å². The fourth-order valence-electron chi connectivity index (χ4n) is 6.68. The van der Waals surface area contributed by atoms with E-state index in [4.69, 9.17) is 47.0 Å². The van der Waals surface area contributed by atoms with E-state index in [0.717, 1.165) is 24.3 Å². The van der Waals surface area contributed by atoms with Crippen LogP contribution in [0.15, 0.2) is 57.8 Å². The Morgan fingerprint density at radius 1 is 0.651 bits per heavy atom. The molecule has 23 heteroatoms. The van der Waals surface area contributed by atoms with E-state index in [9.17, 15) is 65.1 Å². The number of aliphatic carboxylic acids is 2. The van der Waals surface area contributed by atoms with Crippen LogP contribution in [0.3, 0.4) is 0 Å². The van der Waals surface area contributed by atoms with Crippen LogP contribution in [0.4, 0.5) is 0 Å². The van der Waals surface area contributed by atoms with Crippen LogP contribution in [0.5, 0.6) is 46.0 Å². The van der Waals surface area contributed by atoms with Crippen molar-refractivity contribution in [2.45, 2.75) is 61.4 Å². The number of hydrogen-bond acceptors (Lipinski definition) is 21. The van der Waals surface area contributed by atoms with Gasteiger partial charge in [0.2, 0.25) is 17.8 Å². The Kier molecular flexibility index (Phi) is 13.5. The van der Waals surface area contributed by atoms with Gasteiger partial charge in [-0.3, -0.25) is 4.79 Å². The lowest BCUT2D eigenvalue weighted by molar-refractivity contribution is -0.350. The number of aliphatic hydroxyl groups excluding tert-OH is 4. The fraction of sp³-hybridized carbons (Fsp3) is 0.350. The number of aromatic hydroxyl groups is 3. The Hall–Kier alpha value is -6.86. The van der Waals surface area contributed by atoms with Gasteiger partial charge in [-0.1, -0.05) is 0 Å². The summed E-state index contributed by atoms with van der Waals surface area (Å²) in [6, 6.07) is 8.24. The number of phenols is 3. The molecule has 1 aromatic heterocycles. The van der Waals surface area contributed by atoms with Crippen LogP contribution in [0, 0.1) is 0 Å². The number of fused-ring (bicyclic) bond motifs is 1. The number of carbonyl (C=O) groups excluding carboxylic acids is 1. The average molecular weight is 889 g/mol. The van der Waals surface area contributed by atoms with Crippen LogP contribution in [-0.2, 0) is 33.3 Å². The fourth-order valence-corrected chi connectivity index (χ4v) is 6.68. The lowest BCUT2D eigenvalue weighted by Crippen LogP contribution is -2.66. The van der Waals surface area contributed by atoms with Crippen molar-refractivity contribution in [2.24, 2.45) is 0 Å². The van der Waals surface area contributed by atoms with Crippen LogP contribution in [-0.4, -0.2) is 154 Å². The zero-order valence-corrected chi connectivity index (χ0v) is 33.2. The molecule has 2 aliphatic rings. The van der Waals surface area contributed by atoms with Gasteiger partial charge in [-0.15, -0.1) is 0 Å².